The highest BCUT2D eigenvalue weighted by Crippen LogP contribution is 2.21. The van der Waals surface area contributed by atoms with Crippen LogP contribution in [0.5, 0.6) is 0 Å². The van der Waals surface area contributed by atoms with Crippen LogP contribution in [0.1, 0.15) is 38.4 Å². The third-order valence-corrected chi connectivity index (χ3v) is 4.86. The Bertz CT molecular complexity index is 441. The first-order valence-corrected chi connectivity index (χ1v) is 8.27. The third-order valence-electron chi connectivity index (χ3n) is 4.86. The quantitative estimate of drug-likeness (QED) is 0.886. The summed E-state index contributed by atoms with van der Waals surface area (Å²) in [6.45, 7) is 8.16. The van der Waals surface area contributed by atoms with Gasteiger partial charge in [-0.2, -0.15) is 5.10 Å². The maximum atomic E-state index is 9.82. The van der Waals surface area contributed by atoms with Gasteiger partial charge >= 0.3 is 0 Å². The molecule has 0 unspecified atom stereocenters. The molecule has 0 amide bonds. The summed E-state index contributed by atoms with van der Waals surface area (Å²) in [4.78, 5) is 9.35. The average Bonchev–Trinajstić information content (AvgIpc) is 2.95. The zero-order valence-electron chi connectivity index (χ0n) is 13.0. The zero-order valence-corrected chi connectivity index (χ0v) is 13.0. The smallest absolute Gasteiger partial charge is 0.140 e. The van der Waals surface area contributed by atoms with Gasteiger partial charge in [0.05, 0.1) is 12.6 Å². The van der Waals surface area contributed by atoms with Crippen molar-refractivity contribution in [3.8, 4) is 0 Å². The fourth-order valence-corrected chi connectivity index (χ4v) is 3.63. The minimum absolute atomic E-state index is 0.111. The van der Waals surface area contributed by atoms with Gasteiger partial charge in [-0.1, -0.05) is 0 Å². The highest BCUT2D eigenvalue weighted by Gasteiger charge is 2.28. The van der Waals surface area contributed by atoms with Gasteiger partial charge in [0.15, 0.2) is 0 Å². The number of nitrogens with zero attached hydrogens (tertiary/aromatic N) is 5. The highest BCUT2D eigenvalue weighted by molar-refractivity contribution is 4.88. The van der Waals surface area contributed by atoms with E-state index < -0.39 is 0 Å². The number of aliphatic hydroxyl groups excluding tert-OH is 1. The zero-order chi connectivity index (χ0) is 14.7. The molecule has 1 atom stereocenters. The van der Waals surface area contributed by atoms with E-state index in [-0.39, 0.29) is 6.10 Å². The fourth-order valence-electron chi connectivity index (χ4n) is 3.63. The number of aromatic nitrogens is 3. The molecule has 0 aliphatic carbocycles. The van der Waals surface area contributed by atoms with E-state index in [1.54, 1.807) is 6.33 Å². The van der Waals surface area contributed by atoms with E-state index in [0.717, 1.165) is 57.9 Å². The minimum atomic E-state index is -0.111. The molecule has 6 nitrogen and oxygen atoms in total. The van der Waals surface area contributed by atoms with E-state index in [1.165, 1.54) is 12.8 Å². The van der Waals surface area contributed by atoms with Crippen molar-refractivity contribution in [3.63, 3.8) is 0 Å². The van der Waals surface area contributed by atoms with Crippen molar-refractivity contribution in [1.29, 1.82) is 0 Å². The van der Waals surface area contributed by atoms with Crippen molar-refractivity contribution in [3.05, 3.63) is 12.2 Å². The first-order valence-electron chi connectivity index (χ1n) is 8.27. The maximum absolute atomic E-state index is 9.82. The van der Waals surface area contributed by atoms with Crippen molar-refractivity contribution in [1.82, 2.24) is 24.6 Å². The number of hydrogen-bond acceptors (Lipinski definition) is 5. The van der Waals surface area contributed by atoms with Crippen LogP contribution in [0.25, 0.3) is 0 Å². The summed E-state index contributed by atoms with van der Waals surface area (Å²) in [6, 6.07) is 0.653. The van der Waals surface area contributed by atoms with Gasteiger partial charge < -0.3 is 5.11 Å². The molecule has 3 rings (SSSR count). The molecule has 0 bridgehead atoms. The molecule has 6 heteroatoms. The minimum Gasteiger partial charge on any atom is -0.392 e. The molecule has 2 fully saturated rings. The normalized spacial score (nSPS) is 26.3. The Balaban J connectivity index is 1.48. The number of aryl methyl sites for hydroxylation is 1. The van der Waals surface area contributed by atoms with E-state index >= 15 is 0 Å². The van der Waals surface area contributed by atoms with Gasteiger partial charge in [-0.05, 0) is 39.2 Å². The Morgan fingerprint density at radius 2 is 2.05 bits per heavy atom. The topological polar surface area (TPSA) is 57.4 Å². The largest absolute Gasteiger partial charge is 0.392 e. The molecule has 2 saturated heterocycles. The van der Waals surface area contributed by atoms with Gasteiger partial charge in [0.1, 0.15) is 12.2 Å². The number of rotatable bonds is 4. The molecule has 21 heavy (non-hydrogen) atoms. The lowest BCUT2D eigenvalue weighted by Gasteiger charge is -2.41. The van der Waals surface area contributed by atoms with Crippen LogP contribution in [0.2, 0.25) is 0 Å². The van der Waals surface area contributed by atoms with Crippen molar-refractivity contribution in [2.75, 3.05) is 26.2 Å². The third kappa shape index (κ3) is 3.62. The monoisotopic (exact) mass is 293 g/mol. The number of piperidine rings is 2. The Kier molecular flexibility index (Phi) is 4.87. The van der Waals surface area contributed by atoms with Crippen LogP contribution >= 0.6 is 0 Å². The van der Waals surface area contributed by atoms with Crippen LogP contribution in [-0.4, -0.2) is 68.0 Å². The summed E-state index contributed by atoms with van der Waals surface area (Å²) in [7, 11) is 0. The van der Waals surface area contributed by atoms with Gasteiger partial charge in [0, 0.05) is 32.2 Å². The van der Waals surface area contributed by atoms with E-state index in [4.69, 9.17) is 0 Å². The molecule has 3 heterocycles. The molecular weight excluding hydrogens is 266 g/mol. The van der Waals surface area contributed by atoms with Crippen LogP contribution in [0.4, 0.5) is 0 Å². The Labute approximate surface area is 126 Å². The second-order valence-corrected chi connectivity index (χ2v) is 6.29. The molecule has 1 N–H and O–H groups in total. The van der Waals surface area contributed by atoms with Gasteiger partial charge in [-0.25, -0.2) is 9.67 Å². The van der Waals surface area contributed by atoms with Crippen LogP contribution in [0.3, 0.4) is 0 Å². The van der Waals surface area contributed by atoms with Crippen LogP contribution in [-0.2, 0) is 13.1 Å². The second kappa shape index (κ2) is 6.85. The van der Waals surface area contributed by atoms with E-state index in [1.807, 2.05) is 4.68 Å². The average molecular weight is 293 g/mol. The molecule has 2 aliphatic heterocycles. The molecule has 0 spiro atoms. The standard InChI is InChI=1S/C15H27N5O/c1-2-20-15(16-12-17-20)11-18-8-5-13(6-9-18)19-7-3-4-14(21)10-19/h12-14,21H,2-11H2,1H3/t14-/m1/s1. The van der Waals surface area contributed by atoms with Gasteiger partial charge in [0.2, 0.25) is 0 Å². The molecule has 2 aliphatic rings. The number of hydrogen-bond donors (Lipinski definition) is 1. The highest BCUT2D eigenvalue weighted by atomic mass is 16.3. The van der Waals surface area contributed by atoms with Crippen molar-refractivity contribution < 1.29 is 5.11 Å². The van der Waals surface area contributed by atoms with Crippen molar-refractivity contribution >= 4 is 0 Å². The summed E-state index contributed by atoms with van der Waals surface area (Å²) in [6.07, 6.45) is 6.06. The number of likely N-dealkylation sites (tertiary alicyclic amines) is 2. The summed E-state index contributed by atoms with van der Waals surface area (Å²) in [5.41, 5.74) is 0. The lowest BCUT2D eigenvalue weighted by molar-refractivity contribution is 0.0239. The molecular formula is C15H27N5O. The summed E-state index contributed by atoms with van der Waals surface area (Å²) < 4.78 is 1.98. The molecule has 118 valence electrons. The molecule has 0 saturated carbocycles. The van der Waals surface area contributed by atoms with Crippen molar-refractivity contribution in [2.24, 2.45) is 0 Å². The fraction of sp³-hybridized carbons (Fsp3) is 0.867. The van der Waals surface area contributed by atoms with Crippen LogP contribution in [0.15, 0.2) is 6.33 Å². The number of aliphatic hydroxyl groups is 1. The lowest BCUT2D eigenvalue weighted by atomic mass is 9.99. The summed E-state index contributed by atoms with van der Waals surface area (Å²) in [5.74, 6) is 1.07. The van der Waals surface area contributed by atoms with E-state index in [9.17, 15) is 5.11 Å². The first kappa shape index (κ1) is 14.9. The predicted octanol–water partition coefficient (Wildman–Crippen LogP) is 0.719. The maximum Gasteiger partial charge on any atom is 0.140 e. The Morgan fingerprint density at radius 1 is 1.24 bits per heavy atom. The van der Waals surface area contributed by atoms with Crippen molar-refractivity contribution in [2.45, 2.75) is 57.8 Å². The molecule has 0 radical (unpaired) electrons. The molecule has 1 aromatic rings. The summed E-state index contributed by atoms with van der Waals surface area (Å²) in [5, 5.41) is 14.1. The second-order valence-electron chi connectivity index (χ2n) is 6.29. The Hall–Kier alpha value is -0.980. The van der Waals surface area contributed by atoms with Crippen LogP contribution in [0, 0.1) is 0 Å². The molecule has 1 aromatic heterocycles. The lowest BCUT2D eigenvalue weighted by Crippen LogP contribution is -2.49. The first-order chi connectivity index (χ1) is 10.3. The SMILES string of the molecule is CCn1ncnc1CN1CCC(N2CCC[C@@H](O)C2)CC1. The molecule has 0 aromatic carbocycles. The summed E-state index contributed by atoms with van der Waals surface area (Å²) >= 11 is 0. The predicted molar refractivity (Wildman–Crippen MR) is 80.8 cm³/mol. The van der Waals surface area contributed by atoms with Gasteiger partial charge in [-0.15, -0.1) is 0 Å². The van der Waals surface area contributed by atoms with E-state index in [0.29, 0.717) is 6.04 Å². The van der Waals surface area contributed by atoms with Gasteiger partial charge in [0.25, 0.3) is 0 Å². The number of β-amino-alcohol motifs (C(OH)–C–C–N with tert-alkyl or cyclic N) is 1. The van der Waals surface area contributed by atoms with Gasteiger partial charge in [-0.3, -0.25) is 9.80 Å². The Morgan fingerprint density at radius 3 is 2.76 bits per heavy atom. The van der Waals surface area contributed by atoms with E-state index in [2.05, 4.69) is 26.8 Å². The van der Waals surface area contributed by atoms with Crippen LogP contribution < -0.4 is 0 Å².